The van der Waals surface area contributed by atoms with Crippen LogP contribution in [0.4, 0.5) is 20.6 Å². The molecule has 1 aromatic heterocycles. The van der Waals surface area contributed by atoms with Gasteiger partial charge in [0.2, 0.25) is 0 Å². The van der Waals surface area contributed by atoms with E-state index in [1.165, 1.54) is 23.5 Å². The summed E-state index contributed by atoms with van der Waals surface area (Å²) in [6.45, 7) is 4.14. The highest BCUT2D eigenvalue weighted by atomic mass is 32.1. The molecule has 0 saturated carbocycles. The summed E-state index contributed by atoms with van der Waals surface area (Å²) in [6, 6.07) is 22.6. The van der Waals surface area contributed by atoms with Crippen LogP contribution in [-0.4, -0.2) is 49.4 Å². The van der Waals surface area contributed by atoms with Crippen LogP contribution in [-0.2, 0) is 11.3 Å². The lowest BCUT2D eigenvalue weighted by molar-refractivity contribution is 0.0964. The van der Waals surface area contributed by atoms with Crippen molar-refractivity contribution in [3.05, 3.63) is 100 Å². The Morgan fingerprint density at radius 3 is 2.40 bits per heavy atom. The average Bonchev–Trinajstić information content (AvgIpc) is 3.39. The number of rotatable bonds is 8. The summed E-state index contributed by atoms with van der Waals surface area (Å²) in [6.07, 6.45) is 0.610. The number of carbonyl (C=O) groups is 2. The van der Waals surface area contributed by atoms with E-state index in [0.717, 1.165) is 48.0 Å². The van der Waals surface area contributed by atoms with Crippen LogP contribution < -0.4 is 20.3 Å². The molecule has 0 bridgehead atoms. The Kier molecular flexibility index (Phi) is 9.00. The summed E-state index contributed by atoms with van der Waals surface area (Å²) in [7, 11) is 0. The summed E-state index contributed by atoms with van der Waals surface area (Å²) in [5, 5.41) is 7.17. The number of thiazole rings is 1. The summed E-state index contributed by atoms with van der Waals surface area (Å²) < 4.78 is 21.0. The van der Waals surface area contributed by atoms with Gasteiger partial charge in [-0.2, -0.15) is 0 Å². The molecule has 0 aliphatic carbocycles. The highest BCUT2D eigenvalue weighted by molar-refractivity contribution is 7.07. The lowest BCUT2D eigenvalue weighted by Crippen LogP contribution is -2.40. The number of urea groups is 1. The zero-order valence-electron chi connectivity index (χ0n) is 21.9. The van der Waals surface area contributed by atoms with Gasteiger partial charge in [0.25, 0.3) is 5.91 Å². The molecule has 3 amide bonds. The number of amides is 3. The largest absolute Gasteiger partial charge is 0.378 e. The van der Waals surface area contributed by atoms with E-state index < -0.39 is 11.9 Å². The topological polar surface area (TPSA) is 88.0 Å². The number of benzene rings is 3. The van der Waals surface area contributed by atoms with Gasteiger partial charge in [-0.3, -0.25) is 10.1 Å². The first kappa shape index (κ1) is 27.3. The average molecular weight is 560 g/mol. The molecule has 1 aliphatic rings. The molecule has 206 valence electrons. The standard InChI is InChI=1S/C30H30FN5O3S/c31-24-9-11-25(12-10-24)33-30-36(16-4-15-32-29(38)34-28(37)23-5-2-1-3-6-23)27(21-40-30)22-7-13-26(14-8-22)35-17-19-39-20-18-35/h1-3,5-14,21H,4,15-20H2,(H2,32,34,37,38)/b33-30-. The van der Waals surface area contributed by atoms with Gasteiger partial charge in [0.05, 0.1) is 24.6 Å². The molecule has 0 spiro atoms. The van der Waals surface area contributed by atoms with Gasteiger partial charge in [0, 0.05) is 42.8 Å². The van der Waals surface area contributed by atoms with E-state index in [1.54, 1.807) is 36.4 Å². The second-order valence-electron chi connectivity index (χ2n) is 9.22. The molecule has 0 unspecified atom stereocenters. The fraction of sp³-hybridized carbons (Fsp3) is 0.233. The van der Waals surface area contributed by atoms with Crippen LogP contribution in [0, 0.1) is 5.82 Å². The number of aromatic nitrogens is 1. The molecule has 0 atom stereocenters. The van der Waals surface area contributed by atoms with Crippen molar-refractivity contribution < 1.29 is 18.7 Å². The Morgan fingerprint density at radius 2 is 1.68 bits per heavy atom. The van der Waals surface area contributed by atoms with Gasteiger partial charge in [-0.05, 0) is 60.5 Å². The summed E-state index contributed by atoms with van der Waals surface area (Å²) in [5.74, 6) is -0.761. The van der Waals surface area contributed by atoms with Crippen LogP contribution in [0.3, 0.4) is 0 Å². The van der Waals surface area contributed by atoms with Gasteiger partial charge >= 0.3 is 6.03 Å². The van der Waals surface area contributed by atoms with E-state index >= 15 is 0 Å². The minimum Gasteiger partial charge on any atom is -0.378 e. The van der Waals surface area contributed by atoms with Gasteiger partial charge in [-0.1, -0.05) is 30.3 Å². The maximum absolute atomic E-state index is 13.4. The van der Waals surface area contributed by atoms with E-state index in [1.807, 2.05) is 6.07 Å². The van der Waals surface area contributed by atoms with E-state index in [4.69, 9.17) is 9.73 Å². The van der Waals surface area contributed by atoms with Gasteiger partial charge in [-0.25, -0.2) is 14.2 Å². The van der Waals surface area contributed by atoms with Crippen molar-refractivity contribution in [3.8, 4) is 11.3 Å². The Morgan fingerprint density at radius 1 is 0.950 bits per heavy atom. The highest BCUT2D eigenvalue weighted by Gasteiger charge is 2.14. The zero-order valence-corrected chi connectivity index (χ0v) is 22.7. The van der Waals surface area contributed by atoms with Crippen LogP contribution >= 0.6 is 11.3 Å². The van der Waals surface area contributed by atoms with Crippen molar-refractivity contribution in [2.24, 2.45) is 4.99 Å². The van der Waals surface area contributed by atoms with Crippen LogP contribution in [0.5, 0.6) is 0 Å². The van der Waals surface area contributed by atoms with Gasteiger partial charge in [0.1, 0.15) is 5.82 Å². The molecule has 10 heteroatoms. The molecule has 1 saturated heterocycles. The number of morpholine rings is 1. The molecule has 8 nitrogen and oxygen atoms in total. The molecular formula is C30H30FN5O3S. The summed E-state index contributed by atoms with van der Waals surface area (Å²) >= 11 is 1.50. The Balaban J connectivity index is 1.29. The maximum atomic E-state index is 13.4. The molecule has 2 N–H and O–H groups in total. The number of nitrogens with one attached hydrogen (secondary N) is 2. The Bertz CT molecular complexity index is 1500. The van der Waals surface area contributed by atoms with Crippen LogP contribution in [0.1, 0.15) is 16.8 Å². The van der Waals surface area contributed by atoms with Crippen molar-refractivity contribution in [2.75, 3.05) is 37.7 Å². The lowest BCUT2D eigenvalue weighted by atomic mass is 10.1. The quantitative estimate of drug-likeness (QED) is 0.299. The second kappa shape index (κ2) is 13.2. The SMILES string of the molecule is O=C(NCCCn1c(-c2ccc(N3CCOCC3)cc2)cs/c1=N\c1ccc(F)cc1)NC(=O)c1ccccc1. The molecule has 2 heterocycles. The molecule has 1 aliphatic heterocycles. The number of imide groups is 1. The lowest BCUT2D eigenvalue weighted by Gasteiger charge is -2.28. The third-order valence-electron chi connectivity index (χ3n) is 6.50. The second-order valence-corrected chi connectivity index (χ2v) is 10.1. The minimum atomic E-state index is -0.542. The first-order valence-corrected chi connectivity index (χ1v) is 14.0. The third kappa shape index (κ3) is 7.02. The Labute approximate surface area is 235 Å². The summed E-state index contributed by atoms with van der Waals surface area (Å²) in [5.41, 5.74) is 4.28. The van der Waals surface area contributed by atoms with E-state index in [9.17, 15) is 14.0 Å². The van der Waals surface area contributed by atoms with Crippen molar-refractivity contribution >= 4 is 34.6 Å². The fourth-order valence-electron chi connectivity index (χ4n) is 4.40. The van der Waals surface area contributed by atoms with Crippen molar-refractivity contribution in [3.63, 3.8) is 0 Å². The van der Waals surface area contributed by atoms with Crippen molar-refractivity contribution in [1.82, 2.24) is 15.2 Å². The van der Waals surface area contributed by atoms with E-state index in [2.05, 4.69) is 49.7 Å². The Hall–Kier alpha value is -4.28. The predicted octanol–water partition coefficient (Wildman–Crippen LogP) is 4.95. The van der Waals surface area contributed by atoms with Crippen molar-refractivity contribution in [2.45, 2.75) is 13.0 Å². The first-order valence-electron chi connectivity index (χ1n) is 13.1. The maximum Gasteiger partial charge on any atom is 0.321 e. The number of ether oxygens (including phenoxy) is 1. The van der Waals surface area contributed by atoms with Crippen molar-refractivity contribution in [1.29, 1.82) is 0 Å². The zero-order chi connectivity index (χ0) is 27.7. The predicted molar refractivity (Wildman–Crippen MR) is 154 cm³/mol. The number of hydrogen-bond acceptors (Lipinski definition) is 6. The van der Waals surface area contributed by atoms with Gasteiger partial charge < -0.3 is 19.5 Å². The van der Waals surface area contributed by atoms with Crippen LogP contribution in [0.25, 0.3) is 11.3 Å². The third-order valence-corrected chi connectivity index (χ3v) is 7.36. The molecule has 0 radical (unpaired) electrons. The summed E-state index contributed by atoms with van der Waals surface area (Å²) in [4.78, 5) is 32.3. The van der Waals surface area contributed by atoms with E-state index in [-0.39, 0.29) is 5.82 Å². The molecule has 3 aromatic carbocycles. The van der Waals surface area contributed by atoms with Crippen LogP contribution in [0.2, 0.25) is 0 Å². The smallest absolute Gasteiger partial charge is 0.321 e. The molecule has 40 heavy (non-hydrogen) atoms. The normalized spacial score (nSPS) is 13.7. The monoisotopic (exact) mass is 559 g/mol. The van der Waals surface area contributed by atoms with Gasteiger partial charge in [-0.15, -0.1) is 11.3 Å². The number of anilines is 1. The highest BCUT2D eigenvalue weighted by Crippen LogP contribution is 2.25. The number of hydrogen-bond donors (Lipinski definition) is 2. The number of halogens is 1. The minimum absolute atomic E-state index is 0.311. The van der Waals surface area contributed by atoms with E-state index in [0.29, 0.717) is 30.8 Å². The molecule has 4 aromatic rings. The van der Waals surface area contributed by atoms with Crippen LogP contribution in [0.15, 0.2) is 89.2 Å². The number of carbonyl (C=O) groups excluding carboxylic acids is 2. The number of nitrogens with zero attached hydrogens (tertiary/aromatic N) is 3. The first-order chi connectivity index (χ1) is 19.6. The molecule has 5 rings (SSSR count). The fourth-order valence-corrected chi connectivity index (χ4v) is 5.36. The molecular weight excluding hydrogens is 529 g/mol. The molecule has 1 fully saturated rings. The van der Waals surface area contributed by atoms with Gasteiger partial charge in [0.15, 0.2) is 4.80 Å².